The van der Waals surface area contributed by atoms with Gasteiger partial charge in [0.1, 0.15) is 6.61 Å². The largest absolute Gasteiger partial charge is 0.370 e. The first kappa shape index (κ1) is 19.7. The number of nitrogens with two attached hydrogens (primary N) is 1. The molecule has 27 heavy (non-hydrogen) atoms. The van der Waals surface area contributed by atoms with Crippen molar-refractivity contribution < 1.29 is 23.1 Å². The number of carbonyl (C=O) groups excluding carboxylic acids is 2. The van der Waals surface area contributed by atoms with E-state index in [0.717, 1.165) is 19.3 Å². The minimum atomic E-state index is -2.79. The number of anilines is 2. The summed E-state index contributed by atoms with van der Waals surface area (Å²) in [7, 11) is 0. The number of benzene rings is 1. The number of hydrogen-bond donors (Lipinski definition) is 3. The molecular formula is C18H24F2N4O3. The molecule has 7 nitrogen and oxygen atoms in total. The van der Waals surface area contributed by atoms with Crippen LogP contribution in [0, 0.1) is 0 Å². The average molecular weight is 382 g/mol. The van der Waals surface area contributed by atoms with Crippen LogP contribution in [0.1, 0.15) is 31.3 Å². The maximum Gasteiger partial charge on any atom is 0.265 e. The lowest BCUT2D eigenvalue weighted by molar-refractivity contribution is -0.125. The number of nitrogens with zero attached hydrogens (tertiary/aromatic N) is 1. The third kappa shape index (κ3) is 4.60. The zero-order chi connectivity index (χ0) is 19.4. The number of hydrogen-bond acceptors (Lipinski definition) is 5. The Kier molecular flexibility index (Phi) is 6.35. The third-order valence-corrected chi connectivity index (χ3v) is 4.90. The van der Waals surface area contributed by atoms with Gasteiger partial charge in [-0.05, 0) is 31.0 Å². The fourth-order valence-electron chi connectivity index (χ4n) is 3.17. The molecule has 2 aliphatic rings. The second kappa shape index (κ2) is 8.73. The molecule has 9 heteroatoms. The molecule has 4 N–H and O–H groups in total. The summed E-state index contributed by atoms with van der Waals surface area (Å²) >= 11 is 0. The number of alkyl halides is 2. The number of halogens is 2. The second-order valence-electron chi connectivity index (χ2n) is 6.74. The molecule has 1 aliphatic carbocycles. The highest BCUT2D eigenvalue weighted by molar-refractivity contribution is 5.97. The van der Waals surface area contributed by atoms with Gasteiger partial charge < -0.3 is 26.0 Å². The summed E-state index contributed by atoms with van der Waals surface area (Å²) < 4.78 is 32.2. The van der Waals surface area contributed by atoms with Crippen LogP contribution in [-0.2, 0) is 14.3 Å². The number of morpholine rings is 1. The molecular weight excluding hydrogens is 358 g/mol. The molecule has 2 fully saturated rings. The van der Waals surface area contributed by atoms with Crippen molar-refractivity contribution in [3.8, 4) is 0 Å². The van der Waals surface area contributed by atoms with Gasteiger partial charge in [0.15, 0.2) is 0 Å². The van der Waals surface area contributed by atoms with E-state index in [-0.39, 0.29) is 61.1 Å². The van der Waals surface area contributed by atoms with Crippen LogP contribution in [-0.4, -0.2) is 50.2 Å². The van der Waals surface area contributed by atoms with Crippen LogP contribution < -0.4 is 21.3 Å². The molecule has 3 rings (SSSR count). The zero-order valence-corrected chi connectivity index (χ0v) is 14.9. The molecule has 2 amide bonds. The first-order valence-corrected chi connectivity index (χ1v) is 9.06. The van der Waals surface area contributed by atoms with Crippen LogP contribution in [0.3, 0.4) is 0 Å². The fourth-order valence-corrected chi connectivity index (χ4v) is 3.17. The summed E-state index contributed by atoms with van der Waals surface area (Å²) in [5.41, 5.74) is 5.75. The van der Waals surface area contributed by atoms with Gasteiger partial charge in [-0.2, -0.15) is 0 Å². The van der Waals surface area contributed by atoms with Crippen molar-refractivity contribution in [2.75, 3.05) is 36.5 Å². The van der Waals surface area contributed by atoms with Crippen molar-refractivity contribution in [3.63, 3.8) is 0 Å². The Balaban J connectivity index is 1.74. The Morgan fingerprint density at radius 3 is 2.74 bits per heavy atom. The van der Waals surface area contributed by atoms with Crippen molar-refractivity contribution in [3.05, 3.63) is 23.8 Å². The maximum atomic E-state index is 13.6. The lowest BCUT2D eigenvalue weighted by Gasteiger charge is -2.30. The van der Waals surface area contributed by atoms with E-state index in [0.29, 0.717) is 0 Å². The molecule has 0 unspecified atom stereocenters. The molecule has 0 bridgehead atoms. The molecule has 0 spiro atoms. The van der Waals surface area contributed by atoms with E-state index in [1.165, 1.54) is 23.1 Å². The van der Waals surface area contributed by atoms with E-state index in [9.17, 15) is 18.4 Å². The van der Waals surface area contributed by atoms with Gasteiger partial charge in [-0.1, -0.05) is 6.42 Å². The van der Waals surface area contributed by atoms with Crippen LogP contribution in [0.2, 0.25) is 0 Å². The third-order valence-electron chi connectivity index (χ3n) is 4.90. The minimum absolute atomic E-state index is 0.115. The Bertz CT molecular complexity index is 697. The number of rotatable bonds is 7. The smallest absolute Gasteiger partial charge is 0.265 e. The van der Waals surface area contributed by atoms with E-state index in [2.05, 4.69) is 10.6 Å². The van der Waals surface area contributed by atoms with Crippen molar-refractivity contribution >= 4 is 23.2 Å². The highest BCUT2D eigenvalue weighted by Gasteiger charge is 2.27. The van der Waals surface area contributed by atoms with Crippen LogP contribution in [0.25, 0.3) is 0 Å². The van der Waals surface area contributed by atoms with Crippen LogP contribution in [0.4, 0.5) is 20.2 Å². The first-order chi connectivity index (χ1) is 13.0. The summed E-state index contributed by atoms with van der Waals surface area (Å²) in [6.07, 6.45) is 0.338. The molecule has 1 aromatic rings. The summed E-state index contributed by atoms with van der Waals surface area (Å²) in [4.78, 5) is 25.7. The topological polar surface area (TPSA) is 96.7 Å². The standard InChI is InChI=1S/C18H24F2N4O3/c19-17(20)13-8-12(4-5-15(13)24-6-7-27-10-16(24)25)23-18(26)14(9-21)22-11-2-1-3-11/h4-5,8,11,14,17,22H,1-3,6-7,9-10,21H2,(H,23,26)/t14-/m0/s1. The van der Waals surface area contributed by atoms with Gasteiger partial charge in [0.25, 0.3) is 12.3 Å². The Morgan fingerprint density at radius 2 is 2.15 bits per heavy atom. The van der Waals surface area contributed by atoms with Gasteiger partial charge >= 0.3 is 0 Å². The maximum absolute atomic E-state index is 13.6. The van der Waals surface area contributed by atoms with Crippen LogP contribution in [0.5, 0.6) is 0 Å². The summed E-state index contributed by atoms with van der Waals surface area (Å²) in [6, 6.07) is 3.84. The van der Waals surface area contributed by atoms with Crippen molar-refractivity contribution in [1.82, 2.24) is 5.32 Å². The Morgan fingerprint density at radius 1 is 1.37 bits per heavy atom. The molecule has 1 saturated carbocycles. The molecule has 148 valence electrons. The van der Waals surface area contributed by atoms with Gasteiger partial charge in [-0.25, -0.2) is 8.78 Å². The molecule has 1 atom stereocenters. The van der Waals surface area contributed by atoms with Gasteiger partial charge in [0, 0.05) is 30.4 Å². The normalized spacial score (nSPS) is 19.1. The van der Waals surface area contributed by atoms with E-state index in [4.69, 9.17) is 10.5 Å². The van der Waals surface area contributed by atoms with Gasteiger partial charge in [0.2, 0.25) is 5.91 Å². The van der Waals surface area contributed by atoms with Crippen molar-refractivity contribution in [2.45, 2.75) is 37.8 Å². The Labute approximate surface area is 156 Å². The lowest BCUT2D eigenvalue weighted by Crippen LogP contribution is -2.52. The van der Waals surface area contributed by atoms with E-state index in [1.807, 2.05) is 0 Å². The molecule has 1 saturated heterocycles. The number of carbonyl (C=O) groups is 2. The van der Waals surface area contributed by atoms with E-state index in [1.54, 1.807) is 0 Å². The van der Waals surface area contributed by atoms with E-state index >= 15 is 0 Å². The minimum Gasteiger partial charge on any atom is -0.370 e. The predicted molar refractivity (Wildman–Crippen MR) is 96.8 cm³/mol. The van der Waals surface area contributed by atoms with Gasteiger partial charge in [-0.3, -0.25) is 9.59 Å². The lowest BCUT2D eigenvalue weighted by atomic mass is 9.92. The quantitative estimate of drug-likeness (QED) is 0.662. The zero-order valence-electron chi connectivity index (χ0n) is 14.9. The molecule has 1 aliphatic heterocycles. The molecule has 1 heterocycles. The predicted octanol–water partition coefficient (Wildman–Crippen LogP) is 1.40. The summed E-state index contributed by atoms with van der Waals surface area (Å²) in [5, 5.41) is 5.82. The average Bonchev–Trinajstić information content (AvgIpc) is 2.61. The number of ether oxygens (including phenoxy) is 1. The Hall–Kier alpha value is -2.10. The fraction of sp³-hybridized carbons (Fsp3) is 0.556. The number of amides is 2. The second-order valence-corrected chi connectivity index (χ2v) is 6.74. The molecule has 0 aromatic heterocycles. The van der Waals surface area contributed by atoms with Crippen LogP contribution in [0.15, 0.2) is 18.2 Å². The molecule has 0 radical (unpaired) electrons. The highest BCUT2D eigenvalue weighted by atomic mass is 19.3. The van der Waals surface area contributed by atoms with Crippen LogP contribution >= 0.6 is 0 Å². The summed E-state index contributed by atoms with van der Waals surface area (Å²) in [6.45, 7) is 0.485. The van der Waals surface area contributed by atoms with Crippen molar-refractivity contribution in [2.24, 2.45) is 5.73 Å². The van der Waals surface area contributed by atoms with Crippen molar-refractivity contribution in [1.29, 1.82) is 0 Å². The van der Waals surface area contributed by atoms with Gasteiger partial charge in [0.05, 0.1) is 18.3 Å². The first-order valence-electron chi connectivity index (χ1n) is 9.06. The highest BCUT2D eigenvalue weighted by Crippen LogP contribution is 2.33. The number of nitrogens with one attached hydrogen (secondary N) is 2. The SMILES string of the molecule is NC[C@H](NC1CCC1)C(=O)Nc1ccc(N2CCOCC2=O)c(C(F)F)c1. The summed E-state index contributed by atoms with van der Waals surface area (Å²) in [5.74, 6) is -0.729. The molecule has 1 aromatic carbocycles. The van der Waals surface area contributed by atoms with Gasteiger partial charge in [-0.15, -0.1) is 0 Å². The van der Waals surface area contributed by atoms with E-state index < -0.39 is 12.5 Å². The monoisotopic (exact) mass is 382 g/mol.